The number of benzene rings is 1. The van der Waals surface area contributed by atoms with Crippen LogP contribution in [0.4, 0.5) is 0 Å². The minimum Gasteiger partial charge on any atom is -0.480 e. The largest absolute Gasteiger partial charge is 0.480 e. The monoisotopic (exact) mass is 431 g/mol. The van der Waals surface area contributed by atoms with Gasteiger partial charge in [-0.1, -0.05) is 25.5 Å². The topological polar surface area (TPSA) is 101 Å². The van der Waals surface area contributed by atoms with Gasteiger partial charge in [-0.2, -0.15) is 0 Å². The number of ketones is 1. The normalized spacial score (nSPS) is 18.6. The van der Waals surface area contributed by atoms with Crippen molar-refractivity contribution in [3.63, 3.8) is 0 Å². The second-order valence-corrected chi connectivity index (χ2v) is 8.20. The second kappa shape index (κ2) is 8.78. The fourth-order valence-electron chi connectivity index (χ4n) is 3.96. The maximum absolute atomic E-state index is 12.0. The summed E-state index contributed by atoms with van der Waals surface area (Å²) in [6.45, 7) is 3.88. The number of carbonyl (C=O) groups is 2. The van der Waals surface area contributed by atoms with Crippen molar-refractivity contribution >= 4 is 22.5 Å². The van der Waals surface area contributed by atoms with Gasteiger partial charge in [0, 0.05) is 36.8 Å². The number of aromatic nitrogens is 2. The molecular formula is C25H25N3O4. The van der Waals surface area contributed by atoms with Gasteiger partial charge in [-0.05, 0) is 48.6 Å². The molecular weight excluding hydrogens is 406 g/mol. The number of carboxylic acids is 1. The third kappa shape index (κ3) is 4.19. The van der Waals surface area contributed by atoms with E-state index < -0.39 is 17.4 Å². The van der Waals surface area contributed by atoms with E-state index in [1.54, 1.807) is 30.7 Å². The van der Waals surface area contributed by atoms with E-state index in [9.17, 15) is 14.7 Å². The van der Waals surface area contributed by atoms with Crippen molar-refractivity contribution in [2.24, 2.45) is 5.41 Å². The summed E-state index contributed by atoms with van der Waals surface area (Å²) in [6.07, 6.45) is 8.44. The van der Waals surface area contributed by atoms with Gasteiger partial charge in [0.25, 0.3) is 0 Å². The highest BCUT2D eigenvalue weighted by Crippen LogP contribution is 2.40. The molecule has 1 aliphatic rings. The Morgan fingerprint density at radius 1 is 1.19 bits per heavy atom. The van der Waals surface area contributed by atoms with Crippen LogP contribution in [0.1, 0.15) is 32.3 Å². The molecule has 7 nitrogen and oxygen atoms in total. The SMILES string of the molecule is CCC[C@@]1(C)C(=O)C=C1N[C@@H](Cc1ccc(Oc2nccc3ccncc23)cc1)C(=O)O. The molecule has 2 N–H and O–H groups in total. The molecule has 0 aliphatic heterocycles. The molecule has 0 bridgehead atoms. The first kappa shape index (κ1) is 21.5. The van der Waals surface area contributed by atoms with E-state index in [0.29, 0.717) is 23.7 Å². The van der Waals surface area contributed by atoms with Gasteiger partial charge < -0.3 is 15.2 Å². The predicted molar refractivity (Wildman–Crippen MR) is 120 cm³/mol. The fourth-order valence-corrected chi connectivity index (χ4v) is 3.96. The molecule has 0 saturated carbocycles. The standard InChI is InChI=1S/C25H25N3O4/c1-3-10-25(2)21(14-22(25)29)28-20(24(30)31)13-16-4-6-18(7-5-16)32-23-19-15-26-11-8-17(19)9-12-27-23/h4-9,11-12,14-15,20,28H,3,10,13H2,1-2H3,(H,30,31)/t20-,25+/m0/s1. The molecule has 0 unspecified atom stereocenters. The Balaban J connectivity index is 1.45. The van der Waals surface area contributed by atoms with Crippen LogP contribution in [0.2, 0.25) is 0 Å². The van der Waals surface area contributed by atoms with E-state index in [4.69, 9.17) is 4.74 Å². The van der Waals surface area contributed by atoms with E-state index in [2.05, 4.69) is 15.3 Å². The number of nitrogens with one attached hydrogen (secondary N) is 1. The minimum atomic E-state index is -0.961. The number of allylic oxidation sites excluding steroid dienone is 2. The third-order valence-corrected chi connectivity index (χ3v) is 5.90. The van der Waals surface area contributed by atoms with Crippen molar-refractivity contribution < 1.29 is 19.4 Å². The molecule has 2 atom stereocenters. The number of hydrogen-bond donors (Lipinski definition) is 2. The van der Waals surface area contributed by atoms with Crippen molar-refractivity contribution in [1.29, 1.82) is 0 Å². The summed E-state index contributed by atoms with van der Waals surface area (Å²) in [4.78, 5) is 32.3. The zero-order valence-corrected chi connectivity index (χ0v) is 18.0. The van der Waals surface area contributed by atoms with Crippen LogP contribution in [-0.2, 0) is 16.0 Å². The molecule has 164 valence electrons. The van der Waals surface area contributed by atoms with Gasteiger partial charge in [-0.25, -0.2) is 9.78 Å². The zero-order chi connectivity index (χ0) is 22.7. The quantitative estimate of drug-likeness (QED) is 0.521. The molecule has 2 aromatic heterocycles. The molecule has 0 fully saturated rings. The molecule has 2 heterocycles. The molecule has 0 radical (unpaired) electrons. The first-order valence-corrected chi connectivity index (χ1v) is 10.6. The van der Waals surface area contributed by atoms with Crippen LogP contribution in [0, 0.1) is 5.41 Å². The number of carboxylic acid groups (broad SMARTS) is 1. The molecule has 1 aromatic carbocycles. The summed E-state index contributed by atoms with van der Waals surface area (Å²) in [6, 6.07) is 10.2. The lowest BCUT2D eigenvalue weighted by Crippen LogP contribution is -2.49. The highest BCUT2D eigenvalue weighted by molar-refractivity contribution is 6.04. The van der Waals surface area contributed by atoms with Crippen molar-refractivity contribution in [2.75, 3.05) is 0 Å². The highest BCUT2D eigenvalue weighted by Gasteiger charge is 2.44. The number of carbonyl (C=O) groups excluding carboxylic acids is 1. The number of aliphatic carboxylic acids is 1. The number of ether oxygens (including phenoxy) is 1. The van der Waals surface area contributed by atoms with Gasteiger partial charge in [-0.15, -0.1) is 0 Å². The lowest BCUT2D eigenvalue weighted by Gasteiger charge is -2.38. The molecule has 1 aliphatic carbocycles. The van der Waals surface area contributed by atoms with Crippen LogP contribution in [0.25, 0.3) is 10.8 Å². The van der Waals surface area contributed by atoms with Gasteiger partial charge in [0.05, 0.1) is 10.8 Å². The molecule has 7 heteroatoms. The van der Waals surface area contributed by atoms with E-state index >= 15 is 0 Å². The summed E-state index contributed by atoms with van der Waals surface area (Å²) in [5.74, 6) is 0.145. The van der Waals surface area contributed by atoms with E-state index in [0.717, 1.165) is 22.8 Å². The average Bonchev–Trinajstić information content (AvgIpc) is 2.79. The summed E-state index contributed by atoms with van der Waals surface area (Å²) < 4.78 is 5.93. The maximum atomic E-state index is 12.0. The molecule has 4 rings (SSSR count). The van der Waals surface area contributed by atoms with Crippen molar-refractivity contribution in [2.45, 2.75) is 39.2 Å². The van der Waals surface area contributed by atoms with Crippen molar-refractivity contribution in [1.82, 2.24) is 15.3 Å². The lowest BCUT2D eigenvalue weighted by molar-refractivity contribution is -0.139. The van der Waals surface area contributed by atoms with Crippen LogP contribution in [-0.4, -0.2) is 32.9 Å². The fraction of sp³-hybridized carbons (Fsp3) is 0.280. The summed E-state index contributed by atoms with van der Waals surface area (Å²) in [5, 5.41) is 14.6. The van der Waals surface area contributed by atoms with Gasteiger partial charge >= 0.3 is 5.97 Å². The van der Waals surface area contributed by atoms with Crippen LogP contribution in [0.15, 0.2) is 66.8 Å². The maximum Gasteiger partial charge on any atom is 0.326 e. The molecule has 0 saturated heterocycles. The Morgan fingerprint density at radius 3 is 2.62 bits per heavy atom. The minimum absolute atomic E-state index is 0.0461. The Kier molecular flexibility index (Phi) is 5.90. The Bertz CT molecular complexity index is 1180. The number of pyridine rings is 2. The lowest BCUT2D eigenvalue weighted by atomic mass is 9.69. The summed E-state index contributed by atoms with van der Waals surface area (Å²) >= 11 is 0. The van der Waals surface area contributed by atoms with Gasteiger partial charge in [-0.3, -0.25) is 9.78 Å². The smallest absolute Gasteiger partial charge is 0.326 e. The van der Waals surface area contributed by atoms with E-state index in [-0.39, 0.29) is 12.2 Å². The Hall–Kier alpha value is -3.74. The van der Waals surface area contributed by atoms with Crippen LogP contribution < -0.4 is 10.1 Å². The number of rotatable bonds is 9. The van der Waals surface area contributed by atoms with E-state index in [1.165, 1.54) is 6.08 Å². The first-order chi connectivity index (χ1) is 15.4. The molecule has 0 amide bonds. The number of hydrogen-bond acceptors (Lipinski definition) is 6. The van der Waals surface area contributed by atoms with Crippen LogP contribution in [0.5, 0.6) is 11.6 Å². The highest BCUT2D eigenvalue weighted by atomic mass is 16.5. The van der Waals surface area contributed by atoms with Crippen LogP contribution in [0.3, 0.4) is 0 Å². The Labute approximate surface area is 186 Å². The number of fused-ring (bicyclic) bond motifs is 1. The van der Waals surface area contributed by atoms with Gasteiger partial charge in [0.15, 0.2) is 5.78 Å². The summed E-state index contributed by atoms with van der Waals surface area (Å²) in [7, 11) is 0. The van der Waals surface area contributed by atoms with Crippen molar-refractivity contribution in [3.05, 3.63) is 72.3 Å². The van der Waals surface area contributed by atoms with Crippen LogP contribution >= 0.6 is 0 Å². The van der Waals surface area contributed by atoms with Gasteiger partial charge in [0.1, 0.15) is 11.8 Å². The zero-order valence-electron chi connectivity index (χ0n) is 18.0. The molecule has 3 aromatic rings. The molecule has 0 spiro atoms. The predicted octanol–water partition coefficient (Wildman–Crippen LogP) is 4.28. The molecule has 32 heavy (non-hydrogen) atoms. The number of nitrogens with zero attached hydrogens (tertiary/aromatic N) is 2. The summed E-state index contributed by atoms with van der Waals surface area (Å²) in [5.41, 5.74) is 0.932. The van der Waals surface area contributed by atoms with Crippen molar-refractivity contribution in [3.8, 4) is 11.6 Å². The first-order valence-electron chi connectivity index (χ1n) is 10.6. The van der Waals surface area contributed by atoms with E-state index in [1.807, 2.05) is 38.1 Å². The third-order valence-electron chi connectivity index (χ3n) is 5.90. The Morgan fingerprint density at radius 2 is 1.94 bits per heavy atom. The average molecular weight is 431 g/mol. The second-order valence-electron chi connectivity index (χ2n) is 8.20. The van der Waals surface area contributed by atoms with Gasteiger partial charge in [0.2, 0.25) is 5.88 Å².